The maximum Gasteiger partial charge on any atom is 0.123 e. The molecule has 0 bridgehead atoms. The lowest BCUT2D eigenvalue weighted by Crippen LogP contribution is -1.87. The molecule has 0 spiro atoms. The van der Waals surface area contributed by atoms with Gasteiger partial charge in [-0.15, -0.1) is 0 Å². The summed E-state index contributed by atoms with van der Waals surface area (Å²) in [4.78, 5) is 6.30. The van der Waals surface area contributed by atoms with E-state index in [-0.39, 0.29) is 0 Å². The molecular formula is C11H9BrN2S. The number of hydrogen-bond donors (Lipinski definition) is 1. The minimum absolute atomic E-state index is 0.548. The Morgan fingerprint density at radius 1 is 1.13 bits per heavy atom. The van der Waals surface area contributed by atoms with E-state index in [1.807, 2.05) is 24.3 Å². The lowest BCUT2D eigenvalue weighted by atomic mass is 10.4. The van der Waals surface area contributed by atoms with Gasteiger partial charge in [0.1, 0.15) is 5.82 Å². The molecule has 1 heterocycles. The van der Waals surface area contributed by atoms with Crippen molar-refractivity contribution in [3.8, 4) is 0 Å². The molecule has 0 aliphatic carbocycles. The molecule has 0 fully saturated rings. The Morgan fingerprint density at radius 2 is 1.93 bits per heavy atom. The van der Waals surface area contributed by atoms with Gasteiger partial charge in [0.2, 0.25) is 0 Å². The quantitative estimate of drug-likeness (QED) is 0.914. The smallest absolute Gasteiger partial charge is 0.123 e. The SMILES string of the molecule is Nc1ccc(Sc2ccccc2Br)cn1. The standard InChI is InChI=1S/C11H9BrN2S/c12-9-3-1-2-4-10(9)15-8-5-6-11(13)14-7-8/h1-7H,(H2,13,14). The summed E-state index contributed by atoms with van der Waals surface area (Å²) < 4.78 is 1.09. The molecule has 4 heteroatoms. The van der Waals surface area contributed by atoms with Gasteiger partial charge in [0, 0.05) is 20.5 Å². The summed E-state index contributed by atoms with van der Waals surface area (Å²) in [5.41, 5.74) is 5.52. The number of aromatic nitrogens is 1. The molecule has 1 aromatic heterocycles. The Hall–Kier alpha value is -1.00. The highest BCUT2D eigenvalue weighted by atomic mass is 79.9. The number of nitrogens with zero attached hydrogens (tertiary/aromatic N) is 1. The van der Waals surface area contributed by atoms with Crippen molar-refractivity contribution < 1.29 is 0 Å². The largest absolute Gasteiger partial charge is 0.384 e. The monoisotopic (exact) mass is 280 g/mol. The fraction of sp³-hybridized carbons (Fsp3) is 0. The number of rotatable bonds is 2. The molecule has 2 aromatic rings. The van der Waals surface area contributed by atoms with Gasteiger partial charge in [-0.05, 0) is 40.2 Å². The average Bonchev–Trinajstić information content (AvgIpc) is 2.25. The van der Waals surface area contributed by atoms with E-state index in [2.05, 4.69) is 27.0 Å². The molecule has 2 N–H and O–H groups in total. The minimum Gasteiger partial charge on any atom is -0.384 e. The van der Waals surface area contributed by atoms with Crippen LogP contribution in [0.1, 0.15) is 0 Å². The van der Waals surface area contributed by atoms with Crippen LogP contribution in [0.5, 0.6) is 0 Å². The summed E-state index contributed by atoms with van der Waals surface area (Å²) in [5, 5.41) is 0. The van der Waals surface area contributed by atoms with Crippen LogP contribution in [-0.2, 0) is 0 Å². The highest BCUT2D eigenvalue weighted by Crippen LogP contribution is 2.32. The number of nitrogens with two attached hydrogens (primary N) is 1. The topological polar surface area (TPSA) is 38.9 Å². The normalized spacial score (nSPS) is 10.2. The summed E-state index contributed by atoms with van der Waals surface area (Å²) in [7, 11) is 0. The minimum atomic E-state index is 0.548. The predicted octanol–water partition coefficient (Wildman–Crippen LogP) is 3.58. The van der Waals surface area contributed by atoms with Crippen molar-refractivity contribution in [2.45, 2.75) is 9.79 Å². The van der Waals surface area contributed by atoms with Crippen molar-refractivity contribution in [2.24, 2.45) is 0 Å². The van der Waals surface area contributed by atoms with Crippen molar-refractivity contribution >= 4 is 33.5 Å². The molecule has 0 saturated carbocycles. The van der Waals surface area contributed by atoms with Crippen LogP contribution in [0.3, 0.4) is 0 Å². The summed E-state index contributed by atoms with van der Waals surface area (Å²) in [5.74, 6) is 0.548. The van der Waals surface area contributed by atoms with Crippen LogP contribution < -0.4 is 5.73 Å². The highest BCUT2D eigenvalue weighted by Gasteiger charge is 2.01. The molecular weight excluding hydrogens is 272 g/mol. The Kier molecular flexibility index (Phi) is 3.28. The highest BCUT2D eigenvalue weighted by molar-refractivity contribution is 9.10. The van der Waals surface area contributed by atoms with E-state index in [1.54, 1.807) is 24.0 Å². The second-order valence-corrected chi connectivity index (χ2v) is 4.92. The Morgan fingerprint density at radius 3 is 2.60 bits per heavy atom. The predicted molar refractivity (Wildman–Crippen MR) is 66.9 cm³/mol. The second kappa shape index (κ2) is 4.68. The van der Waals surface area contributed by atoms with Crippen molar-refractivity contribution in [1.82, 2.24) is 4.98 Å². The van der Waals surface area contributed by atoms with Crippen molar-refractivity contribution in [3.63, 3.8) is 0 Å². The molecule has 76 valence electrons. The molecule has 2 rings (SSSR count). The summed E-state index contributed by atoms with van der Waals surface area (Å²) in [6.07, 6.45) is 1.78. The fourth-order valence-electron chi connectivity index (χ4n) is 1.11. The average molecular weight is 281 g/mol. The van der Waals surface area contributed by atoms with E-state index in [9.17, 15) is 0 Å². The first-order chi connectivity index (χ1) is 7.25. The number of halogens is 1. The van der Waals surface area contributed by atoms with Gasteiger partial charge in [-0.3, -0.25) is 0 Å². The Balaban J connectivity index is 2.22. The van der Waals surface area contributed by atoms with Crippen LogP contribution in [0, 0.1) is 0 Å². The number of nitrogen functional groups attached to an aromatic ring is 1. The van der Waals surface area contributed by atoms with Gasteiger partial charge in [-0.2, -0.15) is 0 Å². The van der Waals surface area contributed by atoms with Gasteiger partial charge in [0.05, 0.1) is 0 Å². The molecule has 0 aliphatic rings. The van der Waals surface area contributed by atoms with Gasteiger partial charge in [0.25, 0.3) is 0 Å². The third-order valence-corrected chi connectivity index (χ3v) is 3.83. The second-order valence-electron chi connectivity index (χ2n) is 2.95. The van der Waals surface area contributed by atoms with Crippen LogP contribution in [0.4, 0.5) is 5.82 Å². The van der Waals surface area contributed by atoms with Crippen molar-refractivity contribution in [2.75, 3.05) is 5.73 Å². The van der Waals surface area contributed by atoms with Gasteiger partial charge in [-0.25, -0.2) is 4.98 Å². The first kappa shape index (κ1) is 10.5. The molecule has 15 heavy (non-hydrogen) atoms. The first-order valence-electron chi connectivity index (χ1n) is 4.39. The Bertz CT molecular complexity index is 456. The summed E-state index contributed by atoms with van der Waals surface area (Å²) >= 11 is 5.16. The van der Waals surface area contributed by atoms with Crippen molar-refractivity contribution in [1.29, 1.82) is 0 Å². The van der Waals surface area contributed by atoms with E-state index in [0.717, 1.165) is 9.37 Å². The maximum absolute atomic E-state index is 5.52. The maximum atomic E-state index is 5.52. The van der Waals surface area contributed by atoms with Crippen LogP contribution in [0.25, 0.3) is 0 Å². The zero-order valence-corrected chi connectivity index (χ0v) is 10.3. The number of hydrogen-bond acceptors (Lipinski definition) is 3. The van der Waals surface area contributed by atoms with E-state index in [4.69, 9.17) is 5.73 Å². The van der Waals surface area contributed by atoms with Gasteiger partial charge in [0.15, 0.2) is 0 Å². The van der Waals surface area contributed by atoms with E-state index in [1.165, 1.54) is 4.90 Å². The van der Waals surface area contributed by atoms with E-state index in [0.29, 0.717) is 5.82 Å². The lowest BCUT2D eigenvalue weighted by Gasteiger charge is -2.03. The fourth-order valence-corrected chi connectivity index (χ4v) is 2.44. The molecule has 2 nitrogen and oxygen atoms in total. The molecule has 0 aliphatic heterocycles. The molecule has 0 atom stereocenters. The van der Waals surface area contributed by atoms with Gasteiger partial charge in [-0.1, -0.05) is 23.9 Å². The lowest BCUT2D eigenvalue weighted by molar-refractivity contribution is 1.24. The number of anilines is 1. The van der Waals surface area contributed by atoms with Crippen LogP contribution >= 0.6 is 27.7 Å². The first-order valence-corrected chi connectivity index (χ1v) is 6.00. The third-order valence-electron chi connectivity index (χ3n) is 1.82. The van der Waals surface area contributed by atoms with Gasteiger partial charge < -0.3 is 5.73 Å². The van der Waals surface area contributed by atoms with Crippen LogP contribution in [-0.4, -0.2) is 4.98 Å². The Labute approximate surface area is 101 Å². The summed E-state index contributed by atoms with van der Waals surface area (Å²) in [6.45, 7) is 0. The van der Waals surface area contributed by atoms with Gasteiger partial charge >= 0.3 is 0 Å². The van der Waals surface area contributed by atoms with E-state index < -0.39 is 0 Å². The van der Waals surface area contributed by atoms with E-state index >= 15 is 0 Å². The zero-order chi connectivity index (χ0) is 10.7. The molecule has 0 radical (unpaired) electrons. The number of benzene rings is 1. The van der Waals surface area contributed by atoms with Crippen LogP contribution in [0.2, 0.25) is 0 Å². The third kappa shape index (κ3) is 2.73. The number of pyridine rings is 1. The molecule has 0 saturated heterocycles. The molecule has 1 aromatic carbocycles. The zero-order valence-electron chi connectivity index (χ0n) is 7.85. The summed E-state index contributed by atoms with van der Waals surface area (Å²) in [6, 6.07) is 11.9. The van der Waals surface area contributed by atoms with Crippen LogP contribution in [0.15, 0.2) is 56.9 Å². The van der Waals surface area contributed by atoms with Crippen molar-refractivity contribution in [3.05, 3.63) is 47.1 Å². The molecule has 0 amide bonds. The molecule has 0 unspecified atom stereocenters.